The monoisotopic (exact) mass is 468 g/mol. The van der Waals surface area contributed by atoms with E-state index in [1.54, 1.807) is 36.4 Å². The van der Waals surface area contributed by atoms with E-state index in [0.29, 0.717) is 33.1 Å². The number of aliphatic carboxylic acids is 1. The van der Waals surface area contributed by atoms with Gasteiger partial charge in [-0.1, -0.05) is 11.6 Å². The number of carbonyl (C=O) groups excluding carboxylic acids is 2. The summed E-state index contributed by atoms with van der Waals surface area (Å²) in [7, 11) is 0. The molecule has 2 amide bonds. The van der Waals surface area contributed by atoms with Gasteiger partial charge in [0.15, 0.2) is 0 Å². The minimum Gasteiger partial charge on any atom is -0.481 e. The lowest BCUT2D eigenvalue weighted by Gasteiger charge is -2.18. The van der Waals surface area contributed by atoms with Crippen LogP contribution in [0.2, 0.25) is 5.02 Å². The second-order valence-corrected chi connectivity index (χ2v) is 8.72. The second-order valence-electron chi connectivity index (χ2n) is 8.29. The van der Waals surface area contributed by atoms with Gasteiger partial charge in [-0.25, -0.2) is 4.98 Å². The number of H-pyrrole nitrogens is 1. The first kappa shape index (κ1) is 22.8. The first-order valence-electron chi connectivity index (χ1n) is 10.9. The Labute approximate surface area is 195 Å². The van der Waals surface area contributed by atoms with E-state index in [0.717, 1.165) is 31.5 Å². The Morgan fingerprint density at radius 1 is 1.18 bits per heavy atom. The number of imidazole rings is 1. The number of benzene rings is 2. The van der Waals surface area contributed by atoms with E-state index >= 15 is 0 Å². The van der Waals surface area contributed by atoms with Crippen molar-refractivity contribution >= 4 is 46.1 Å². The molecule has 1 unspecified atom stereocenters. The van der Waals surface area contributed by atoms with Crippen LogP contribution in [0.1, 0.15) is 53.3 Å². The molecule has 3 N–H and O–H groups in total. The fourth-order valence-electron chi connectivity index (χ4n) is 4.12. The van der Waals surface area contributed by atoms with E-state index in [9.17, 15) is 14.4 Å². The summed E-state index contributed by atoms with van der Waals surface area (Å²) in [5.74, 6) is -1.78. The number of fused-ring (bicyclic) bond motifs is 1. The lowest BCUT2D eigenvalue weighted by Crippen LogP contribution is -2.28. The number of hydrogen-bond donors (Lipinski definition) is 3. The van der Waals surface area contributed by atoms with Gasteiger partial charge in [-0.2, -0.15) is 0 Å². The van der Waals surface area contributed by atoms with Crippen LogP contribution in [0.5, 0.6) is 0 Å². The van der Waals surface area contributed by atoms with Gasteiger partial charge in [0.25, 0.3) is 5.91 Å². The van der Waals surface area contributed by atoms with Gasteiger partial charge in [0.1, 0.15) is 5.82 Å². The zero-order valence-corrected chi connectivity index (χ0v) is 19.0. The number of aromatic nitrogens is 2. The van der Waals surface area contributed by atoms with E-state index in [1.807, 2.05) is 11.8 Å². The first-order valence-corrected chi connectivity index (χ1v) is 11.3. The van der Waals surface area contributed by atoms with Crippen LogP contribution in [-0.4, -0.2) is 50.8 Å². The molecule has 1 saturated heterocycles. The summed E-state index contributed by atoms with van der Waals surface area (Å²) < 4.78 is 0. The van der Waals surface area contributed by atoms with Crippen molar-refractivity contribution in [1.82, 2.24) is 14.9 Å². The predicted molar refractivity (Wildman–Crippen MR) is 126 cm³/mol. The van der Waals surface area contributed by atoms with Crippen molar-refractivity contribution in [3.8, 4) is 0 Å². The minimum absolute atomic E-state index is 0.00291. The normalized spacial score (nSPS) is 14.4. The average Bonchev–Trinajstić information content (AvgIpc) is 3.43. The molecule has 0 spiro atoms. The van der Waals surface area contributed by atoms with Gasteiger partial charge in [-0.15, -0.1) is 0 Å². The van der Waals surface area contributed by atoms with Crippen LogP contribution < -0.4 is 5.32 Å². The van der Waals surface area contributed by atoms with Gasteiger partial charge in [0, 0.05) is 35.8 Å². The summed E-state index contributed by atoms with van der Waals surface area (Å²) >= 11 is 6.03. The smallest absolute Gasteiger partial charge is 0.303 e. The van der Waals surface area contributed by atoms with Crippen LogP contribution in [0.3, 0.4) is 0 Å². The Hall–Kier alpha value is -3.39. The highest BCUT2D eigenvalue weighted by molar-refractivity contribution is 6.31. The van der Waals surface area contributed by atoms with Crippen LogP contribution in [0.4, 0.5) is 5.69 Å². The van der Waals surface area contributed by atoms with E-state index in [-0.39, 0.29) is 24.7 Å². The van der Waals surface area contributed by atoms with Crippen LogP contribution in [0.15, 0.2) is 36.4 Å². The third-order valence-corrected chi connectivity index (χ3v) is 6.11. The van der Waals surface area contributed by atoms with Crippen molar-refractivity contribution in [2.75, 3.05) is 18.4 Å². The quantitative estimate of drug-likeness (QED) is 0.476. The zero-order chi connectivity index (χ0) is 23.5. The highest BCUT2D eigenvalue weighted by atomic mass is 35.5. The molecular formula is C24H25ClN4O4. The van der Waals surface area contributed by atoms with Crippen molar-refractivity contribution in [2.24, 2.45) is 0 Å². The molecule has 1 atom stereocenters. The zero-order valence-electron chi connectivity index (χ0n) is 18.2. The van der Waals surface area contributed by atoms with Gasteiger partial charge < -0.3 is 20.3 Å². The first-order chi connectivity index (χ1) is 15.8. The van der Waals surface area contributed by atoms with Crippen molar-refractivity contribution in [3.05, 3.63) is 58.4 Å². The molecule has 0 aliphatic carbocycles. The predicted octanol–water partition coefficient (Wildman–Crippen LogP) is 4.35. The second kappa shape index (κ2) is 9.62. The van der Waals surface area contributed by atoms with E-state index in [4.69, 9.17) is 16.7 Å². The highest BCUT2D eigenvalue weighted by Gasteiger charge is 2.26. The minimum atomic E-state index is -0.993. The Balaban J connectivity index is 1.55. The molecular weight excluding hydrogens is 444 g/mol. The lowest BCUT2D eigenvalue weighted by atomic mass is 10.0. The van der Waals surface area contributed by atoms with E-state index in [1.165, 1.54) is 0 Å². The number of carbonyl (C=O) groups is 3. The Morgan fingerprint density at radius 3 is 2.64 bits per heavy atom. The van der Waals surface area contributed by atoms with Crippen LogP contribution in [0, 0.1) is 6.92 Å². The summed E-state index contributed by atoms with van der Waals surface area (Å²) in [6.45, 7) is 3.37. The fraction of sp³-hybridized carbons (Fsp3) is 0.333. The number of hydrogen-bond acceptors (Lipinski definition) is 4. The number of rotatable bonds is 7. The van der Waals surface area contributed by atoms with Crippen LogP contribution in [0.25, 0.3) is 11.0 Å². The fourth-order valence-corrected chi connectivity index (χ4v) is 4.29. The van der Waals surface area contributed by atoms with Crippen LogP contribution in [-0.2, 0) is 9.59 Å². The molecule has 33 heavy (non-hydrogen) atoms. The molecule has 2 aromatic carbocycles. The summed E-state index contributed by atoms with van der Waals surface area (Å²) in [6, 6.07) is 10.3. The molecule has 0 radical (unpaired) electrons. The SMILES string of the molecule is Cc1cc(NC(=O)C(CCC(=O)O)c2nc3cc(Cl)ccc3[nH]2)ccc1C(=O)N1CCCC1. The summed E-state index contributed by atoms with van der Waals surface area (Å²) in [4.78, 5) is 46.4. The third kappa shape index (κ3) is 5.17. The summed E-state index contributed by atoms with van der Waals surface area (Å²) in [6.07, 6.45) is 1.94. The number of aromatic amines is 1. The topological polar surface area (TPSA) is 115 Å². The number of halogens is 1. The van der Waals surface area contributed by atoms with Gasteiger partial charge in [0.2, 0.25) is 5.91 Å². The number of nitrogens with zero attached hydrogens (tertiary/aromatic N) is 2. The molecule has 0 bridgehead atoms. The number of likely N-dealkylation sites (tertiary alicyclic amines) is 1. The number of anilines is 1. The van der Waals surface area contributed by atoms with E-state index < -0.39 is 11.9 Å². The maximum Gasteiger partial charge on any atom is 0.303 e. The highest BCUT2D eigenvalue weighted by Crippen LogP contribution is 2.26. The molecule has 0 saturated carbocycles. The molecule has 1 aliphatic heterocycles. The molecule has 2 heterocycles. The van der Waals surface area contributed by atoms with Crippen molar-refractivity contribution in [3.63, 3.8) is 0 Å². The standard InChI is InChI=1S/C24H25ClN4O4/c1-14-12-16(5-6-17(14)24(33)29-10-2-3-11-29)26-23(32)18(7-9-21(30)31)22-27-19-8-4-15(25)13-20(19)28-22/h4-6,8,12-13,18H,2-3,7,9-11H2,1H3,(H,26,32)(H,27,28)(H,30,31). The molecule has 1 fully saturated rings. The Kier molecular flexibility index (Phi) is 6.65. The third-order valence-electron chi connectivity index (χ3n) is 5.87. The molecule has 172 valence electrons. The summed E-state index contributed by atoms with van der Waals surface area (Å²) in [5.41, 5.74) is 3.24. The number of nitrogens with one attached hydrogen (secondary N) is 2. The maximum absolute atomic E-state index is 13.1. The largest absolute Gasteiger partial charge is 0.481 e. The molecule has 8 nitrogen and oxygen atoms in total. The summed E-state index contributed by atoms with van der Waals surface area (Å²) in [5, 5.41) is 12.5. The molecule has 9 heteroatoms. The van der Waals surface area contributed by atoms with Crippen molar-refractivity contribution < 1.29 is 19.5 Å². The molecule has 1 aromatic heterocycles. The van der Waals surface area contributed by atoms with Gasteiger partial charge in [0.05, 0.1) is 17.0 Å². The number of carboxylic acids is 1. The van der Waals surface area contributed by atoms with Gasteiger partial charge in [-0.05, 0) is 68.1 Å². The molecule has 1 aliphatic rings. The Morgan fingerprint density at radius 2 is 1.94 bits per heavy atom. The Bertz CT molecular complexity index is 1220. The number of amides is 2. The molecule has 3 aromatic rings. The average molecular weight is 469 g/mol. The van der Waals surface area contributed by atoms with Crippen molar-refractivity contribution in [2.45, 2.75) is 38.5 Å². The van der Waals surface area contributed by atoms with Crippen LogP contribution >= 0.6 is 11.6 Å². The van der Waals surface area contributed by atoms with Gasteiger partial charge in [-0.3, -0.25) is 14.4 Å². The van der Waals surface area contributed by atoms with E-state index in [2.05, 4.69) is 15.3 Å². The number of carboxylic acid groups (broad SMARTS) is 1. The van der Waals surface area contributed by atoms with Gasteiger partial charge >= 0.3 is 5.97 Å². The number of aryl methyl sites for hydroxylation is 1. The lowest BCUT2D eigenvalue weighted by molar-refractivity contribution is -0.137. The maximum atomic E-state index is 13.1. The molecule has 4 rings (SSSR count). The van der Waals surface area contributed by atoms with Crippen molar-refractivity contribution in [1.29, 1.82) is 0 Å².